The Labute approximate surface area is 85.8 Å². The third-order valence-electron chi connectivity index (χ3n) is 1.67. The van der Waals surface area contributed by atoms with Crippen molar-refractivity contribution in [2.24, 2.45) is 5.11 Å². The molecule has 0 amide bonds. The molecule has 1 aromatic carbocycles. The Morgan fingerprint density at radius 2 is 2.20 bits per heavy atom. The van der Waals surface area contributed by atoms with E-state index < -0.39 is 6.04 Å². The fourth-order valence-electron chi connectivity index (χ4n) is 0.984. The summed E-state index contributed by atoms with van der Waals surface area (Å²) in [5.41, 5.74) is 8.69. The molecule has 0 aromatic heterocycles. The molecule has 0 aliphatic rings. The molecule has 0 radical (unpaired) electrons. The Kier molecular flexibility index (Phi) is 3.95. The van der Waals surface area contributed by atoms with Crippen LogP contribution in [0.25, 0.3) is 10.4 Å². The smallest absolute Gasteiger partial charge is 0.123 e. The second kappa shape index (κ2) is 5.47. The van der Waals surface area contributed by atoms with E-state index in [1.807, 2.05) is 6.07 Å². The average molecular weight is 205 g/mol. The zero-order valence-electron chi connectivity index (χ0n) is 7.76. The first kappa shape index (κ1) is 10.8. The molecule has 6 heteroatoms. The minimum atomic E-state index is -0.605. The molecule has 0 aliphatic carbocycles. The predicted octanol–water partition coefficient (Wildman–Crippen LogP) is 2.44. The van der Waals surface area contributed by atoms with Gasteiger partial charge in [-0.25, -0.2) is 4.39 Å². The normalized spacial score (nSPS) is 10.9. The largest absolute Gasteiger partial charge is 0.370 e. The number of azide groups is 1. The van der Waals surface area contributed by atoms with E-state index in [0.29, 0.717) is 5.69 Å². The fraction of sp³-hybridized carbons (Fsp3) is 0.222. The first-order chi connectivity index (χ1) is 7.26. The number of nitrogens with one attached hydrogen (secondary N) is 1. The molecule has 0 spiro atoms. The van der Waals surface area contributed by atoms with E-state index in [1.54, 1.807) is 0 Å². The van der Waals surface area contributed by atoms with Gasteiger partial charge >= 0.3 is 0 Å². The van der Waals surface area contributed by atoms with Crippen molar-refractivity contribution in [3.63, 3.8) is 0 Å². The number of hydrogen-bond acceptors (Lipinski definition) is 3. The lowest BCUT2D eigenvalue weighted by Gasteiger charge is -2.09. The van der Waals surface area contributed by atoms with Crippen LogP contribution in [0.4, 0.5) is 10.1 Å². The molecule has 1 unspecified atom stereocenters. The van der Waals surface area contributed by atoms with Gasteiger partial charge in [-0.2, -0.15) is 5.26 Å². The highest BCUT2D eigenvalue weighted by Gasteiger charge is 2.04. The Morgan fingerprint density at radius 3 is 2.73 bits per heavy atom. The quantitative estimate of drug-likeness (QED) is 0.465. The summed E-state index contributed by atoms with van der Waals surface area (Å²) >= 11 is 0. The van der Waals surface area contributed by atoms with Crippen molar-refractivity contribution in [1.82, 2.24) is 0 Å². The fourth-order valence-corrected chi connectivity index (χ4v) is 0.984. The maximum atomic E-state index is 12.5. The van der Waals surface area contributed by atoms with E-state index in [1.165, 1.54) is 24.3 Å². The van der Waals surface area contributed by atoms with Gasteiger partial charge in [0.15, 0.2) is 0 Å². The third kappa shape index (κ3) is 3.55. The molecule has 0 heterocycles. The molecule has 0 fully saturated rings. The molecule has 0 saturated heterocycles. The van der Waals surface area contributed by atoms with Gasteiger partial charge in [-0.05, 0) is 29.8 Å². The summed E-state index contributed by atoms with van der Waals surface area (Å²) in [5, 5.41) is 14.8. The molecule has 76 valence electrons. The second-order valence-electron chi connectivity index (χ2n) is 2.75. The van der Waals surface area contributed by atoms with Gasteiger partial charge in [0.2, 0.25) is 0 Å². The summed E-state index contributed by atoms with van der Waals surface area (Å²) in [6.45, 7) is 0.0321. The van der Waals surface area contributed by atoms with Crippen LogP contribution in [0, 0.1) is 17.1 Å². The van der Waals surface area contributed by atoms with Gasteiger partial charge in [-0.3, -0.25) is 0 Å². The zero-order valence-corrected chi connectivity index (χ0v) is 7.76. The lowest BCUT2D eigenvalue weighted by Crippen LogP contribution is -2.20. The van der Waals surface area contributed by atoms with Crippen LogP contribution in [0.2, 0.25) is 0 Å². The number of halogens is 1. The van der Waals surface area contributed by atoms with Crippen LogP contribution in [-0.4, -0.2) is 12.6 Å². The van der Waals surface area contributed by atoms with Crippen LogP contribution >= 0.6 is 0 Å². The summed E-state index contributed by atoms with van der Waals surface area (Å²) < 4.78 is 12.5. The molecule has 1 atom stereocenters. The second-order valence-corrected chi connectivity index (χ2v) is 2.75. The van der Waals surface area contributed by atoms with E-state index in [4.69, 9.17) is 10.8 Å². The number of nitriles is 1. The van der Waals surface area contributed by atoms with Crippen LogP contribution in [-0.2, 0) is 0 Å². The summed E-state index contributed by atoms with van der Waals surface area (Å²) in [5.74, 6) is -0.343. The molecule has 1 aromatic rings. The van der Waals surface area contributed by atoms with Crippen molar-refractivity contribution in [2.45, 2.75) is 6.04 Å². The van der Waals surface area contributed by atoms with Crippen LogP contribution < -0.4 is 5.32 Å². The first-order valence-corrected chi connectivity index (χ1v) is 4.19. The van der Waals surface area contributed by atoms with E-state index in [9.17, 15) is 4.39 Å². The van der Waals surface area contributed by atoms with Crippen molar-refractivity contribution in [3.8, 4) is 6.07 Å². The summed E-state index contributed by atoms with van der Waals surface area (Å²) in [7, 11) is 0. The van der Waals surface area contributed by atoms with Gasteiger partial charge in [0.1, 0.15) is 11.9 Å². The standard InChI is InChI=1S/C9H8FN5/c10-7-1-3-8(4-2-7)14-9(5-11)6-13-15-12/h1-4,9,14H,6H2. The van der Waals surface area contributed by atoms with Crippen LogP contribution in [0.1, 0.15) is 0 Å². The molecule has 1 N–H and O–H groups in total. The number of nitrogens with zero attached hydrogens (tertiary/aromatic N) is 4. The Balaban J connectivity index is 2.63. The van der Waals surface area contributed by atoms with Crippen molar-refractivity contribution in [3.05, 3.63) is 40.5 Å². The summed E-state index contributed by atoms with van der Waals surface area (Å²) in [6.07, 6.45) is 0. The van der Waals surface area contributed by atoms with Crippen LogP contribution in [0.5, 0.6) is 0 Å². The van der Waals surface area contributed by atoms with Gasteiger partial charge in [0, 0.05) is 10.6 Å². The number of anilines is 1. The van der Waals surface area contributed by atoms with Crippen LogP contribution in [0.15, 0.2) is 29.4 Å². The maximum absolute atomic E-state index is 12.5. The molecule has 0 saturated carbocycles. The number of rotatable bonds is 4. The highest BCUT2D eigenvalue weighted by molar-refractivity contribution is 5.45. The van der Waals surface area contributed by atoms with Crippen molar-refractivity contribution < 1.29 is 4.39 Å². The molecule has 1 rings (SSSR count). The maximum Gasteiger partial charge on any atom is 0.123 e. The molecular weight excluding hydrogens is 197 g/mol. The molecular formula is C9H8FN5. The van der Waals surface area contributed by atoms with E-state index in [0.717, 1.165) is 0 Å². The van der Waals surface area contributed by atoms with E-state index >= 15 is 0 Å². The predicted molar refractivity (Wildman–Crippen MR) is 53.4 cm³/mol. The van der Waals surface area contributed by atoms with Gasteiger partial charge in [-0.1, -0.05) is 5.11 Å². The Morgan fingerprint density at radius 1 is 1.53 bits per heavy atom. The topological polar surface area (TPSA) is 84.6 Å². The molecule has 15 heavy (non-hydrogen) atoms. The average Bonchev–Trinajstić information content (AvgIpc) is 2.27. The van der Waals surface area contributed by atoms with Crippen molar-refractivity contribution in [1.29, 1.82) is 5.26 Å². The van der Waals surface area contributed by atoms with E-state index in [-0.39, 0.29) is 12.4 Å². The summed E-state index contributed by atoms with van der Waals surface area (Å²) in [4.78, 5) is 2.55. The number of benzene rings is 1. The van der Waals surface area contributed by atoms with Gasteiger partial charge in [0.05, 0.1) is 12.6 Å². The Bertz CT molecular complexity index is 402. The SMILES string of the molecule is N#CC(CN=[N+]=[N-])Nc1ccc(F)cc1. The Hall–Kier alpha value is -2.25. The van der Waals surface area contributed by atoms with Crippen LogP contribution in [0.3, 0.4) is 0 Å². The molecule has 0 bridgehead atoms. The number of hydrogen-bond donors (Lipinski definition) is 1. The zero-order chi connectivity index (χ0) is 11.1. The summed E-state index contributed by atoms with van der Waals surface area (Å²) in [6, 6.07) is 6.91. The van der Waals surface area contributed by atoms with E-state index in [2.05, 4.69) is 15.3 Å². The third-order valence-corrected chi connectivity index (χ3v) is 1.67. The first-order valence-electron chi connectivity index (χ1n) is 4.19. The van der Waals surface area contributed by atoms with Gasteiger partial charge in [0.25, 0.3) is 0 Å². The highest BCUT2D eigenvalue weighted by Crippen LogP contribution is 2.09. The highest BCUT2D eigenvalue weighted by atomic mass is 19.1. The van der Waals surface area contributed by atoms with Crippen molar-refractivity contribution in [2.75, 3.05) is 11.9 Å². The lowest BCUT2D eigenvalue weighted by molar-refractivity contribution is 0.628. The van der Waals surface area contributed by atoms with Gasteiger partial charge < -0.3 is 5.32 Å². The molecule has 5 nitrogen and oxygen atoms in total. The van der Waals surface area contributed by atoms with Gasteiger partial charge in [-0.15, -0.1) is 0 Å². The minimum Gasteiger partial charge on any atom is -0.370 e. The molecule has 0 aliphatic heterocycles. The monoisotopic (exact) mass is 205 g/mol. The van der Waals surface area contributed by atoms with Crippen molar-refractivity contribution >= 4 is 5.69 Å². The minimum absolute atomic E-state index is 0.0321. The lowest BCUT2D eigenvalue weighted by atomic mass is 10.2.